The van der Waals surface area contributed by atoms with Gasteiger partial charge in [-0.05, 0) is 17.7 Å². The summed E-state index contributed by atoms with van der Waals surface area (Å²) in [5.74, 6) is -2.88. The van der Waals surface area contributed by atoms with Crippen molar-refractivity contribution in [3.63, 3.8) is 0 Å². The average Bonchev–Trinajstić information content (AvgIpc) is 2.67. The summed E-state index contributed by atoms with van der Waals surface area (Å²) >= 11 is 3.70. The summed E-state index contributed by atoms with van der Waals surface area (Å²) in [6.45, 7) is 5.44. The third kappa shape index (κ3) is 13.9. The summed E-state index contributed by atoms with van der Waals surface area (Å²) in [6.07, 6.45) is 0. The molecular formula is C18H25F2KN2O5S. The van der Waals surface area contributed by atoms with Crippen molar-refractivity contribution in [2.45, 2.75) is 6.54 Å². The van der Waals surface area contributed by atoms with Crippen molar-refractivity contribution in [3.8, 4) is 5.75 Å². The smallest absolute Gasteiger partial charge is 0.753 e. The first-order valence-corrected chi connectivity index (χ1v) is 9.20. The number of ether oxygens (including phenoxy) is 4. The Labute approximate surface area is 217 Å². The predicted molar refractivity (Wildman–Crippen MR) is 103 cm³/mol. The van der Waals surface area contributed by atoms with Crippen LogP contribution in [0.25, 0.3) is 5.41 Å². The Morgan fingerprint density at radius 1 is 0.897 bits per heavy atom. The first-order valence-electron chi connectivity index (χ1n) is 8.80. The van der Waals surface area contributed by atoms with Gasteiger partial charge in [-0.1, -0.05) is 12.2 Å². The molecule has 0 radical (unpaired) electrons. The number of halogens is 2. The second kappa shape index (κ2) is 18.9. The maximum atomic E-state index is 13.5. The molecule has 0 spiro atoms. The van der Waals surface area contributed by atoms with E-state index >= 15 is 0 Å². The molecule has 2 rings (SSSR count). The van der Waals surface area contributed by atoms with Crippen LogP contribution >= 0.6 is 12.2 Å². The van der Waals surface area contributed by atoms with Crippen molar-refractivity contribution in [1.29, 1.82) is 0 Å². The zero-order valence-corrected chi connectivity index (χ0v) is 20.5. The fraction of sp³-hybridized carbons (Fsp3) is 0.611. The molecule has 0 amide bonds. The number of nitrogens with zero attached hydrogens (tertiary/aromatic N) is 2. The number of aromatic hydroxyl groups is 1. The summed E-state index contributed by atoms with van der Waals surface area (Å²) in [4.78, 5) is 1.98. The zero-order valence-electron chi connectivity index (χ0n) is 16.6. The van der Waals surface area contributed by atoms with Gasteiger partial charge in [-0.25, -0.2) is 8.78 Å². The fourth-order valence-electron chi connectivity index (χ4n) is 2.39. The van der Waals surface area contributed by atoms with E-state index in [9.17, 15) is 13.9 Å². The normalized spacial score (nSPS) is 17.4. The molecule has 158 valence electrons. The average molecular weight is 459 g/mol. The minimum atomic E-state index is -0.963. The zero-order chi connectivity index (χ0) is 20.6. The van der Waals surface area contributed by atoms with Crippen LogP contribution in [0.4, 0.5) is 8.78 Å². The van der Waals surface area contributed by atoms with Crippen LogP contribution in [-0.4, -0.2) is 81.1 Å². The van der Waals surface area contributed by atoms with E-state index in [2.05, 4.69) is 12.2 Å². The molecule has 29 heavy (non-hydrogen) atoms. The Morgan fingerprint density at radius 3 is 1.62 bits per heavy atom. The molecule has 1 aliphatic rings. The topological polar surface area (TPSA) is 82.7 Å². The van der Waals surface area contributed by atoms with Crippen LogP contribution in [0.1, 0.15) is 5.56 Å². The standard InChI is InChI=1S/C17H25F2NO5.CNS.K/c18-15-11-14(12-16(19)17(15)21)13-20-1-3-22-5-7-24-9-10-25-8-6-23-4-2-20;2-1-3;/h11-12,21H,1-10,13H2;;/q;-1;+1. The van der Waals surface area contributed by atoms with Crippen LogP contribution in [0.2, 0.25) is 0 Å². The molecule has 1 heterocycles. The quantitative estimate of drug-likeness (QED) is 0.354. The number of isothiocyanates is 1. The van der Waals surface area contributed by atoms with Gasteiger partial charge in [0.1, 0.15) is 0 Å². The molecule has 0 atom stereocenters. The Hall–Kier alpha value is 0.116. The molecule has 1 fully saturated rings. The SMILES string of the molecule is Oc1c(F)cc(CN2CCOCCOCCOCCOCC2)cc1F.[K+].[N-]=C=S. The van der Waals surface area contributed by atoms with E-state index in [1.54, 1.807) is 0 Å². The van der Waals surface area contributed by atoms with Crippen molar-refractivity contribution in [3.05, 3.63) is 34.7 Å². The van der Waals surface area contributed by atoms with E-state index in [1.807, 2.05) is 4.90 Å². The molecule has 0 saturated carbocycles. The van der Waals surface area contributed by atoms with Gasteiger partial charge in [-0.2, -0.15) is 5.16 Å². The molecule has 0 unspecified atom stereocenters. The van der Waals surface area contributed by atoms with Crippen molar-refractivity contribution < 1.29 is 84.2 Å². The first-order chi connectivity index (χ1) is 13.6. The third-order valence-electron chi connectivity index (χ3n) is 3.70. The van der Waals surface area contributed by atoms with Crippen LogP contribution < -0.4 is 51.4 Å². The molecule has 1 aromatic rings. The Bertz CT molecular complexity index is 571. The fourth-order valence-corrected chi connectivity index (χ4v) is 2.39. The molecule has 11 heteroatoms. The number of phenols is 1. The Balaban J connectivity index is 0.00000184. The summed E-state index contributed by atoms with van der Waals surface area (Å²) in [5, 5.41) is 17.7. The minimum Gasteiger partial charge on any atom is -0.753 e. The van der Waals surface area contributed by atoms with Gasteiger partial charge in [0.05, 0.1) is 52.9 Å². The van der Waals surface area contributed by atoms with Crippen molar-refractivity contribution in [2.24, 2.45) is 0 Å². The Morgan fingerprint density at radius 2 is 1.24 bits per heavy atom. The largest absolute Gasteiger partial charge is 1.00 e. The molecule has 1 saturated heterocycles. The maximum absolute atomic E-state index is 13.5. The number of hydrogen-bond acceptors (Lipinski definition) is 7. The maximum Gasteiger partial charge on any atom is 1.00 e. The van der Waals surface area contributed by atoms with Gasteiger partial charge in [-0.15, -0.1) is 0 Å². The van der Waals surface area contributed by atoms with Gasteiger partial charge in [0.25, 0.3) is 0 Å². The van der Waals surface area contributed by atoms with E-state index < -0.39 is 17.4 Å². The van der Waals surface area contributed by atoms with E-state index in [0.29, 0.717) is 78.1 Å². The molecule has 1 aliphatic heterocycles. The monoisotopic (exact) mass is 458 g/mol. The van der Waals surface area contributed by atoms with Gasteiger partial charge in [0, 0.05) is 19.6 Å². The molecule has 0 aliphatic carbocycles. The second-order valence-electron chi connectivity index (χ2n) is 5.72. The Kier molecular flexibility index (Phi) is 18.9. The summed E-state index contributed by atoms with van der Waals surface area (Å²) < 4.78 is 48.7. The first kappa shape index (κ1) is 29.1. The van der Waals surface area contributed by atoms with Crippen LogP contribution in [0, 0.1) is 11.6 Å². The van der Waals surface area contributed by atoms with Crippen molar-refractivity contribution in [1.82, 2.24) is 4.90 Å². The van der Waals surface area contributed by atoms with Gasteiger partial charge >= 0.3 is 51.4 Å². The van der Waals surface area contributed by atoms with Gasteiger partial charge in [0.2, 0.25) is 0 Å². The van der Waals surface area contributed by atoms with Crippen LogP contribution in [0.15, 0.2) is 12.1 Å². The minimum absolute atomic E-state index is 0. The molecule has 7 nitrogen and oxygen atoms in total. The van der Waals surface area contributed by atoms with Gasteiger partial charge in [-0.3, -0.25) is 4.90 Å². The second-order valence-corrected chi connectivity index (χ2v) is 5.91. The summed E-state index contributed by atoms with van der Waals surface area (Å²) in [5.41, 5.74) is 0.442. The van der Waals surface area contributed by atoms with E-state index in [1.165, 1.54) is 5.16 Å². The van der Waals surface area contributed by atoms with Crippen LogP contribution in [0.3, 0.4) is 0 Å². The van der Waals surface area contributed by atoms with Gasteiger partial charge in [0.15, 0.2) is 17.4 Å². The molecule has 1 N–H and O–H groups in total. The van der Waals surface area contributed by atoms with E-state index in [4.69, 9.17) is 24.4 Å². The molecule has 1 aromatic carbocycles. The predicted octanol–water partition coefficient (Wildman–Crippen LogP) is -0.785. The number of phenolic OH excluding ortho intramolecular Hbond substituents is 1. The van der Waals surface area contributed by atoms with E-state index in [0.717, 1.165) is 12.1 Å². The van der Waals surface area contributed by atoms with Crippen molar-refractivity contribution in [2.75, 3.05) is 65.9 Å². The summed E-state index contributed by atoms with van der Waals surface area (Å²) in [6, 6.07) is 2.27. The van der Waals surface area contributed by atoms with Crippen molar-refractivity contribution >= 4 is 17.4 Å². The van der Waals surface area contributed by atoms with Crippen LogP contribution in [0.5, 0.6) is 5.75 Å². The molecular weight excluding hydrogens is 433 g/mol. The van der Waals surface area contributed by atoms with E-state index in [-0.39, 0.29) is 51.4 Å². The van der Waals surface area contributed by atoms with Gasteiger partial charge < -0.3 is 29.5 Å². The summed E-state index contributed by atoms with van der Waals surface area (Å²) in [7, 11) is 0. The number of benzene rings is 1. The number of thiocarbonyl (C=S) groups is 1. The number of hydrogen-bond donors (Lipinski definition) is 1. The number of rotatable bonds is 2. The third-order valence-corrected chi connectivity index (χ3v) is 3.70. The van der Waals surface area contributed by atoms with Crippen LogP contribution in [-0.2, 0) is 25.5 Å². The molecule has 0 aromatic heterocycles. The molecule has 0 bridgehead atoms.